The molecule has 1 N–H and O–H groups in total. The van der Waals surface area contributed by atoms with E-state index in [4.69, 9.17) is 4.74 Å². The van der Waals surface area contributed by atoms with Gasteiger partial charge in [-0.05, 0) is 32.4 Å². The van der Waals surface area contributed by atoms with E-state index >= 15 is 0 Å². The van der Waals surface area contributed by atoms with Crippen LogP contribution in [0.1, 0.15) is 27.2 Å². The first kappa shape index (κ1) is 17.9. The van der Waals surface area contributed by atoms with Gasteiger partial charge < -0.3 is 10.1 Å². The zero-order valence-corrected chi connectivity index (χ0v) is 14.0. The molecule has 1 aromatic heterocycles. The summed E-state index contributed by atoms with van der Waals surface area (Å²) < 4.78 is 31.9. The molecule has 0 aliphatic carbocycles. The van der Waals surface area contributed by atoms with E-state index in [0.717, 1.165) is 6.42 Å². The summed E-state index contributed by atoms with van der Waals surface area (Å²) in [6.07, 6.45) is 2.56. The van der Waals surface area contributed by atoms with Crippen LogP contribution >= 0.6 is 0 Å². The number of nitrogens with one attached hydrogen (secondary N) is 1. The second-order valence-electron chi connectivity index (χ2n) is 5.02. The minimum absolute atomic E-state index is 0.0845. The zero-order valence-electron chi connectivity index (χ0n) is 13.2. The molecule has 0 fully saturated rings. The van der Waals surface area contributed by atoms with E-state index < -0.39 is 10.0 Å². The maximum atomic E-state index is 12.6. The van der Waals surface area contributed by atoms with Gasteiger partial charge in [-0.25, -0.2) is 13.4 Å². The lowest BCUT2D eigenvalue weighted by Crippen LogP contribution is -2.31. The largest absolute Gasteiger partial charge is 0.377 e. The molecule has 7 heteroatoms. The molecule has 6 nitrogen and oxygen atoms in total. The molecule has 1 rings (SSSR count). The summed E-state index contributed by atoms with van der Waals surface area (Å²) in [5.74, 6) is 0.399. The van der Waals surface area contributed by atoms with Crippen molar-refractivity contribution in [3.8, 4) is 0 Å². The first-order valence-corrected chi connectivity index (χ1v) is 8.60. The van der Waals surface area contributed by atoms with Crippen LogP contribution in [0.3, 0.4) is 0 Å². The second kappa shape index (κ2) is 8.31. The Kier molecular flexibility index (Phi) is 7.07. The van der Waals surface area contributed by atoms with Crippen LogP contribution in [0, 0.1) is 0 Å². The third kappa shape index (κ3) is 5.26. The number of sulfonamides is 1. The lowest BCUT2D eigenvalue weighted by Gasteiger charge is -2.19. The fourth-order valence-corrected chi connectivity index (χ4v) is 2.95. The average Bonchev–Trinajstić information content (AvgIpc) is 2.44. The predicted molar refractivity (Wildman–Crippen MR) is 83.9 cm³/mol. The highest BCUT2D eigenvalue weighted by molar-refractivity contribution is 7.89. The molecular formula is C14H25N3O3S. The molecule has 0 aliphatic heterocycles. The number of anilines is 1. The first-order chi connectivity index (χ1) is 9.89. The molecule has 0 unspecified atom stereocenters. The van der Waals surface area contributed by atoms with Crippen LogP contribution in [-0.2, 0) is 14.8 Å². The number of aromatic nitrogens is 1. The third-order valence-electron chi connectivity index (χ3n) is 2.86. The Morgan fingerprint density at radius 3 is 2.76 bits per heavy atom. The highest BCUT2D eigenvalue weighted by atomic mass is 32.2. The SMILES string of the molecule is CCCNc1ncccc1S(=O)(=O)N(C)CCOC(C)C. The van der Waals surface area contributed by atoms with Gasteiger partial charge in [0.1, 0.15) is 10.7 Å². The lowest BCUT2D eigenvalue weighted by atomic mass is 10.4. The molecule has 120 valence electrons. The molecule has 0 saturated heterocycles. The van der Waals surface area contributed by atoms with Crippen LogP contribution in [0.15, 0.2) is 23.2 Å². The van der Waals surface area contributed by atoms with Crippen molar-refractivity contribution < 1.29 is 13.2 Å². The summed E-state index contributed by atoms with van der Waals surface area (Å²) in [5, 5.41) is 3.05. The average molecular weight is 315 g/mol. The Labute approximate surface area is 127 Å². The fraction of sp³-hybridized carbons (Fsp3) is 0.643. The summed E-state index contributed by atoms with van der Waals surface area (Å²) in [6.45, 7) is 7.21. The van der Waals surface area contributed by atoms with Crippen LogP contribution in [0.2, 0.25) is 0 Å². The van der Waals surface area contributed by atoms with Crippen molar-refractivity contribution >= 4 is 15.8 Å². The van der Waals surface area contributed by atoms with Crippen LogP contribution < -0.4 is 5.32 Å². The van der Waals surface area contributed by atoms with Gasteiger partial charge >= 0.3 is 0 Å². The topological polar surface area (TPSA) is 71.5 Å². The molecule has 0 amide bonds. The van der Waals surface area contributed by atoms with Crippen LogP contribution in [0.5, 0.6) is 0 Å². The standard InChI is InChI=1S/C14H25N3O3S/c1-5-8-15-14-13(7-6-9-16-14)21(18,19)17(4)10-11-20-12(2)3/h6-7,9,12H,5,8,10-11H2,1-4H3,(H,15,16). The predicted octanol–water partition coefficient (Wildman–Crippen LogP) is 1.95. The van der Waals surface area contributed by atoms with Gasteiger partial charge in [0.05, 0.1) is 12.7 Å². The minimum Gasteiger partial charge on any atom is -0.377 e. The van der Waals surface area contributed by atoms with Crippen molar-refractivity contribution in [1.82, 2.24) is 9.29 Å². The Morgan fingerprint density at radius 2 is 2.14 bits per heavy atom. The number of hydrogen-bond acceptors (Lipinski definition) is 5. The number of ether oxygens (including phenoxy) is 1. The van der Waals surface area contributed by atoms with Crippen molar-refractivity contribution in [2.45, 2.75) is 38.2 Å². The van der Waals surface area contributed by atoms with Gasteiger partial charge in [0.25, 0.3) is 0 Å². The molecule has 0 radical (unpaired) electrons. The first-order valence-electron chi connectivity index (χ1n) is 7.16. The molecule has 0 saturated carbocycles. The van der Waals surface area contributed by atoms with Gasteiger partial charge in [-0.3, -0.25) is 0 Å². The number of hydrogen-bond donors (Lipinski definition) is 1. The lowest BCUT2D eigenvalue weighted by molar-refractivity contribution is 0.0737. The Bertz CT molecular complexity index is 532. The van der Waals surface area contributed by atoms with Crippen LogP contribution in [0.25, 0.3) is 0 Å². The maximum absolute atomic E-state index is 12.6. The number of nitrogens with zero attached hydrogens (tertiary/aromatic N) is 2. The Morgan fingerprint density at radius 1 is 1.43 bits per heavy atom. The number of likely N-dealkylation sites (N-methyl/N-ethyl adjacent to an activating group) is 1. The summed E-state index contributed by atoms with van der Waals surface area (Å²) >= 11 is 0. The van der Waals surface area contributed by atoms with Gasteiger partial charge in [0.2, 0.25) is 10.0 Å². The van der Waals surface area contributed by atoms with Gasteiger partial charge in [-0.1, -0.05) is 6.92 Å². The molecular weight excluding hydrogens is 290 g/mol. The molecule has 21 heavy (non-hydrogen) atoms. The highest BCUT2D eigenvalue weighted by Gasteiger charge is 2.24. The summed E-state index contributed by atoms with van der Waals surface area (Å²) in [4.78, 5) is 4.32. The summed E-state index contributed by atoms with van der Waals surface area (Å²) in [6, 6.07) is 3.20. The minimum atomic E-state index is -3.57. The van der Waals surface area contributed by atoms with E-state index in [1.807, 2.05) is 20.8 Å². The Hall–Kier alpha value is -1.18. The van der Waals surface area contributed by atoms with E-state index in [1.54, 1.807) is 25.4 Å². The van der Waals surface area contributed by atoms with Gasteiger partial charge in [-0.2, -0.15) is 4.31 Å². The van der Waals surface area contributed by atoms with E-state index in [2.05, 4.69) is 10.3 Å². The normalized spacial score (nSPS) is 12.1. The number of rotatable bonds is 9. The molecule has 0 bridgehead atoms. The van der Waals surface area contributed by atoms with Crippen molar-refractivity contribution in [3.63, 3.8) is 0 Å². The van der Waals surface area contributed by atoms with E-state index in [9.17, 15) is 8.42 Å². The second-order valence-corrected chi connectivity index (χ2v) is 7.04. The molecule has 0 atom stereocenters. The summed E-state index contributed by atoms with van der Waals surface area (Å²) in [7, 11) is -2.02. The summed E-state index contributed by atoms with van der Waals surface area (Å²) in [5.41, 5.74) is 0. The monoisotopic (exact) mass is 315 g/mol. The molecule has 0 aliphatic rings. The van der Waals surface area contributed by atoms with Crippen molar-refractivity contribution in [2.24, 2.45) is 0 Å². The Balaban J connectivity index is 2.86. The van der Waals surface area contributed by atoms with Gasteiger partial charge in [0, 0.05) is 26.3 Å². The van der Waals surface area contributed by atoms with E-state index in [0.29, 0.717) is 25.5 Å². The van der Waals surface area contributed by atoms with E-state index in [1.165, 1.54) is 4.31 Å². The quantitative estimate of drug-likeness (QED) is 0.754. The molecule has 0 spiro atoms. The van der Waals surface area contributed by atoms with Crippen molar-refractivity contribution in [1.29, 1.82) is 0 Å². The van der Waals surface area contributed by atoms with Crippen LogP contribution in [0.4, 0.5) is 5.82 Å². The molecule has 0 aromatic carbocycles. The van der Waals surface area contributed by atoms with Crippen molar-refractivity contribution in [3.05, 3.63) is 18.3 Å². The van der Waals surface area contributed by atoms with E-state index in [-0.39, 0.29) is 11.0 Å². The zero-order chi connectivity index (χ0) is 15.9. The maximum Gasteiger partial charge on any atom is 0.246 e. The van der Waals surface area contributed by atoms with Crippen molar-refractivity contribution in [2.75, 3.05) is 32.1 Å². The highest BCUT2D eigenvalue weighted by Crippen LogP contribution is 2.21. The van der Waals surface area contributed by atoms with Gasteiger partial charge in [-0.15, -0.1) is 0 Å². The third-order valence-corrected chi connectivity index (χ3v) is 4.75. The molecule has 1 aromatic rings. The smallest absolute Gasteiger partial charge is 0.246 e. The number of pyridine rings is 1. The van der Waals surface area contributed by atoms with Gasteiger partial charge in [0.15, 0.2) is 0 Å². The van der Waals surface area contributed by atoms with Crippen LogP contribution in [-0.4, -0.2) is 50.6 Å². The molecule has 1 heterocycles. The fourth-order valence-electron chi connectivity index (χ4n) is 1.68.